The first-order valence-electron chi connectivity index (χ1n) is 7.20. The molecular weight excluding hydrogens is 310 g/mol. The van der Waals surface area contributed by atoms with Crippen molar-refractivity contribution in [3.63, 3.8) is 0 Å². The van der Waals surface area contributed by atoms with E-state index in [2.05, 4.69) is 9.62 Å². The predicted molar refractivity (Wildman–Crippen MR) is 83.9 cm³/mol. The van der Waals surface area contributed by atoms with Crippen molar-refractivity contribution in [3.8, 4) is 0 Å². The Bertz CT molecular complexity index is 639. The maximum absolute atomic E-state index is 12.5. The Morgan fingerprint density at radius 3 is 2.81 bits per heavy atom. The minimum absolute atomic E-state index is 0.0150. The van der Waals surface area contributed by atoms with Gasteiger partial charge in [0.05, 0.1) is 4.90 Å². The van der Waals surface area contributed by atoms with Gasteiger partial charge in [-0.05, 0) is 50.4 Å². The zero-order valence-corrected chi connectivity index (χ0v) is 13.5. The quantitative estimate of drug-likeness (QED) is 0.828. The average Bonchev–Trinajstić information content (AvgIpc) is 3.00. The molecule has 0 aromatic heterocycles. The minimum atomic E-state index is -3.59. The van der Waals surface area contributed by atoms with Gasteiger partial charge in [0.25, 0.3) is 0 Å². The molecule has 7 heteroatoms. The standard InChI is InChI=1S/C14H20ClN3O2S/c1-9-11(15)7-10(8-12(9)16)21(19,20)17-13-4-6-18-5-2-3-14(13)18/h7-8,13-14,17H,2-6,16H2,1H3. The summed E-state index contributed by atoms with van der Waals surface area (Å²) in [6.07, 6.45) is 3.06. The van der Waals surface area contributed by atoms with Crippen molar-refractivity contribution in [3.05, 3.63) is 22.7 Å². The van der Waals surface area contributed by atoms with E-state index in [0.29, 0.717) is 22.3 Å². The highest BCUT2D eigenvalue weighted by atomic mass is 35.5. The number of benzene rings is 1. The molecule has 2 atom stereocenters. The first-order valence-corrected chi connectivity index (χ1v) is 9.06. The molecule has 2 aliphatic heterocycles. The van der Waals surface area contributed by atoms with Crippen molar-refractivity contribution in [1.82, 2.24) is 9.62 Å². The van der Waals surface area contributed by atoms with Crippen LogP contribution in [0.15, 0.2) is 17.0 Å². The molecule has 2 fully saturated rings. The number of nitrogens with zero attached hydrogens (tertiary/aromatic N) is 1. The SMILES string of the molecule is Cc1c(N)cc(S(=O)(=O)NC2CCN3CCCC23)cc1Cl. The number of hydrogen-bond acceptors (Lipinski definition) is 4. The lowest BCUT2D eigenvalue weighted by molar-refractivity contribution is 0.309. The zero-order chi connectivity index (χ0) is 15.2. The van der Waals surface area contributed by atoms with Crippen LogP contribution in [0.25, 0.3) is 0 Å². The van der Waals surface area contributed by atoms with E-state index < -0.39 is 10.0 Å². The lowest BCUT2D eigenvalue weighted by Gasteiger charge is -2.21. The van der Waals surface area contributed by atoms with Crippen molar-refractivity contribution in [1.29, 1.82) is 0 Å². The third-order valence-electron chi connectivity index (χ3n) is 4.58. The van der Waals surface area contributed by atoms with E-state index in [1.165, 1.54) is 12.1 Å². The molecule has 0 saturated carbocycles. The summed E-state index contributed by atoms with van der Waals surface area (Å²) in [6.45, 7) is 3.82. The molecule has 2 aliphatic rings. The number of rotatable bonds is 3. The van der Waals surface area contributed by atoms with Crippen molar-refractivity contribution in [2.75, 3.05) is 18.8 Å². The van der Waals surface area contributed by atoms with Gasteiger partial charge in [-0.2, -0.15) is 0 Å². The second kappa shape index (κ2) is 5.43. The lowest BCUT2D eigenvalue weighted by atomic mass is 10.1. The summed E-state index contributed by atoms with van der Waals surface area (Å²) in [5.74, 6) is 0. The van der Waals surface area contributed by atoms with Crippen LogP contribution in [0.3, 0.4) is 0 Å². The van der Waals surface area contributed by atoms with E-state index in [1.54, 1.807) is 6.92 Å². The van der Waals surface area contributed by atoms with Crippen LogP contribution >= 0.6 is 11.6 Å². The summed E-state index contributed by atoms with van der Waals surface area (Å²) in [5.41, 5.74) is 6.93. The molecule has 2 heterocycles. The number of halogens is 1. The Morgan fingerprint density at radius 1 is 1.33 bits per heavy atom. The van der Waals surface area contributed by atoms with Crippen molar-refractivity contribution < 1.29 is 8.42 Å². The summed E-state index contributed by atoms with van der Waals surface area (Å²) >= 11 is 6.05. The Balaban J connectivity index is 1.84. The van der Waals surface area contributed by atoms with Gasteiger partial charge in [-0.3, -0.25) is 4.90 Å². The second-order valence-corrected chi connectivity index (χ2v) is 8.00. The first-order chi connectivity index (χ1) is 9.88. The van der Waals surface area contributed by atoms with Crippen LogP contribution in [0, 0.1) is 6.92 Å². The van der Waals surface area contributed by atoms with E-state index in [9.17, 15) is 8.42 Å². The van der Waals surface area contributed by atoms with Gasteiger partial charge in [0.2, 0.25) is 10.0 Å². The third-order valence-corrected chi connectivity index (χ3v) is 6.44. The smallest absolute Gasteiger partial charge is 0.241 e. The highest BCUT2D eigenvalue weighted by Gasteiger charge is 2.39. The van der Waals surface area contributed by atoms with E-state index in [4.69, 9.17) is 17.3 Å². The molecule has 0 amide bonds. The maximum atomic E-state index is 12.5. The number of hydrogen-bond donors (Lipinski definition) is 2. The van der Waals surface area contributed by atoms with Crippen LogP contribution in [0.2, 0.25) is 5.02 Å². The van der Waals surface area contributed by atoms with Crippen LogP contribution in [-0.2, 0) is 10.0 Å². The van der Waals surface area contributed by atoms with E-state index >= 15 is 0 Å². The zero-order valence-electron chi connectivity index (χ0n) is 12.0. The fraction of sp³-hybridized carbons (Fsp3) is 0.571. The summed E-state index contributed by atoms with van der Waals surface area (Å²) in [5, 5.41) is 0.379. The molecular formula is C14H20ClN3O2S. The summed E-state index contributed by atoms with van der Waals surface area (Å²) in [7, 11) is -3.59. The van der Waals surface area contributed by atoms with E-state index in [-0.39, 0.29) is 10.9 Å². The van der Waals surface area contributed by atoms with Crippen LogP contribution in [0.1, 0.15) is 24.8 Å². The van der Waals surface area contributed by atoms with Gasteiger partial charge in [0.15, 0.2) is 0 Å². The predicted octanol–water partition coefficient (Wildman–Crippen LogP) is 1.75. The molecule has 3 rings (SSSR count). The molecule has 1 aromatic carbocycles. The molecule has 21 heavy (non-hydrogen) atoms. The Hall–Kier alpha value is -0.820. The lowest BCUT2D eigenvalue weighted by Crippen LogP contribution is -2.42. The number of fused-ring (bicyclic) bond motifs is 1. The molecule has 0 spiro atoms. The van der Waals surface area contributed by atoms with Crippen LogP contribution in [0.5, 0.6) is 0 Å². The fourth-order valence-electron chi connectivity index (χ4n) is 3.32. The number of nitrogens with one attached hydrogen (secondary N) is 1. The summed E-state index contributed by atoms with van der Waals surface area (Å²) in [4.78, 5) is 2.51. The number of sulfonamides is 1. The minimum Gasteiger partial charge on any atom is -0.398 e. The first kappa shape index (κ1) is 15.1. The van der Waals surface area contributed by atoms with Gasteiger partial charge >= 0.3 is 0 Å². The molecule has 1 aromatic rings. The molecule has 0 aliphatic carbocycles. The Labute approximate surface area is 130 Å². The van der Waals surface area contributed by atoms with Crippen LogP contribution in [-0.4, -0.2) is 38.5 Å². The summed E-state index contributed by atoms with van der Waals surface area (Å²) < 4.78 is 27.9. The molecule has 2 saturated heterocycles. The molecule has 0 bridgehead atoms. The van der Waals surface area contributed by atoms with Crippen LogP contribution in [0.4, 0.5) is 5.69 Å². The highest BCUT2D eigenvalue weighted by molar-refractivity contribution is 7.89. The summed E-state index contributed by atoms with van der Waals surface area (Å²) in [6, 6.07) is 3.26. The molecule has 3 N–H and O–H groups in total. The van der Waals surface area contributed by atoms with Gasteiger partial charge in [-0.15, -0.1) is 0 Å². The number of nitrogen functional groups attached to an aromatic ring is 1. The topological polar surface area (TPSA) is 75.4 Å². The molecule has 2 unspecified atom stereocenters. The van der Waals surface area contributed by atoms with Gasteiger partial charge < -0.3 is 5.73 Å². The maximum Gasteiger partial charge on any atom is 0.241 e. The second-order valence-electron chi connectivity index (χ2n) is 5.88. The van der Waals surface area contributed by atoms with Crippen molar-refractivity contribution in [2.45, 2.75) is 43.2 Å². The Morgan fingerprint density at radius 2 is 2.10 bits per heavy atom. The van der Waals surface area contributed by atoms with E-state index in [1.807, 2.05) is 0 Å². The average molecular weight is 330 g/mol. The molecule has 116 valence electrons. The number of anilines is 1. The molecule has 0 radical (unpaired) electrons. The number of nitrogens with two attached hydrogens (primary N) is 1. The van der Waals surface area contributed by atoms with Crippen molar-refractivity contribution in [2.24, 2.45) is 0 Å². The molecule has 5 nitrogen and oxygen atoms in total. The van der Waals surface area contributed by atoms with Gasteiger partial charge in [-0.1, -0.05) is 11.6 Å². The van der Waals surface area contributed by atoms with Gasteiger partial charge in [0, 0.05) is 29.3 Å². The monoisotopic (exact) mass is 329 g/mol. The largest absolute Gasteiger partial charge is 0.398 e. The Kier molecular flexibility index (Phi) is 3.90. The van der Waals surface area contributed by atoms with Gasteiger partial charge in [-0.25, -0.2) is 13.1 Å². The fourth-order valence-corrected chi connectivity index (χ4v) is 4.97. The van der Waals surface area contributed by atoms with Crippen molar-refractivity contribution >= 4 is 27.3 Å². The van der Waals surface area contributed by atoms with Crippen LogP contribution < -0.4 is 10.5 Å². The highest BCUT2D eigenvalue weighted by Crippen LogP contribution is 2.30. The normalized spacial score (nSPS) is 26.2. The third kappa shape index (κ3) is 2.77. The van der Waals surface area contributed by atoms with Gasteiger partial charge in [0.1, 0.15) is 0 Å². The van der Waals surface area contributed by atoms with E-state index in [0.717, 1.165) is 32.4 Å².